The van der Waals surface area contributed by atoms with Gasteiger partial charge in [-0.2, -0.15) is 9.61 Å². The van der Waals surface area contributed by atoms with Crippen LogP contribution in [0, 0.1) is 0 Å². The van der Waals surface area contributed by atoms with Crippen LogP contribution in [0.1, 0.15) is 12.6 Å². The van der Waals surface area contributed by atoms with Crippen LogP contribution in [0.3, 0.4) is 0 Å². The minimum Gasteiger partial charge on any atom is -0.411 e. The van der Waals surface area contributed by atoms with Gasteiger partial charge < -0.3 is 10.2 Å². The topological polar surface area (TPSA) is 82.8 Å². The Morgan fingerprint density at radius 1 is 1.44 bits per heavy atom. The lowest BCUT2D eigenvalue weighted by atomic mass is 10.2. The van der Waals surface area contributed by atoms with Crippen LogP contribution < -0.4 is 5.69 Å². The lowest BCUT2D eigenvalue weighted by Gasteiger charge is -1.98. The molecule has 3 aromatic rings. The number of benzene rings is 1. The molecule has 0 bridgehead atoms. The van der Waals surface area contributed by atoms with E-state index in [0.717, 1.165) is 10.9 Å². The van der Waals surface area contributed by atoms with Crippen molar-refractivity contribution < 1.29 is 5.21 Å². The summed E-state index contributed by atoms with van der Waals surface area (Å²) in [6.45, 7) is 1.62. The molecule has 0 saturated heterocycles. The zero-order valence-electron chi connectivity index (χ0n) is 9.58. The van der Waals surface area contributed by atoms with Crippen LogP contribution in [0.2, 0.25) is 0 Å². The van der Waals surface area contributed by atoms with Gasteiger partial charge in [0.25, 0.3) is 0 Å². The highest BCUT2D eigenvalue weighted by Gasteiger charge is 2.10. The molecule has 0 aliphatic carbocycles. The first-order valence-corrected chi connectivity index (χ1v) is 5.40. The normalized spacial score (nSPS) is 12.4. The number of H-pyrrole nitrogens is 1. The van der Waals surface area contributed by atoms with E-state index < -0.39 is 0 Å². The molecule has 0 aliphatic heterocycles. The number of oxime groups is 1. The summed E-state index contributed by atoms with van der Waals surface area (Å²) in [7, 11) is 0. The number of aromatic nitrogens is 3. The van der Waals surface area contributed by atoms with Crippen molar-refractivity contribution in [2.24, 2.45) is 5.16 Å². The monoisotopic (exact) mass is 242 g/mol. The first-order chi connectivity index (χ1) is 8.70. The van der Waals surface area contributed by atoms with Crippen molar-refractivity contribution in [1.82, 2.24) is 14.6 Å². The Balaban J connectivity index is 2.49. The summed E-state index contributed by atoms with van der Waals surface area (Å²) in [6, 6.07) is 9.20. The third-order valence-corrected chi connectivity index (χ3v) is 2.87. The molecule has 1 aromatic carbocycles. The Morgan fingerprint density at radius 3 is 3.00 bits per heavy atom. The van der Waals surface area contributed by atoms with Gasteiger partial charge in [-0.15, -0.1) is 0 Å². The number of nitrogens with zero attached hydrogens (tertiary/aromatic N) is 3. The van der Waals surface area contributed by atoms with Crippen LogP contribution in [0.5, 0.6) is 0 Å². The average Bonchev–Trinajstić information content (AvgIpc) is 2.84. The van der Waals surface area contributed by atoms with Gasteiger partial charge in [-0.05, 0) is 19.1 Å². The fourth-order valence-electron chi connectivity index (χ4n) is 1.94. The van der Waals surface area contributed by atoms with E-state index in [1.165, 1.54) is 4.52 Å². The van der Waals surface area contributed by atoms with Crippen molar-refractivity contribution in [3.63, 3.8) is 0 Å². The summed E-state index contributed by atoms with van der Waals surface area (Å²) in [6.07, 6.45) is 0. The fourth-order valence-corrected chi connectivity index (χ4v) is 1.94. The van der Waals surface area contributed by atoms with Crippen LogP contribution in [0.4, 0.5) is 0 Å². The van der Waals surface area contributed by atoms with Crippen molar-refractivity contribution in [3.8, 4) is 0 Å². The summed E-state index contributed by atoms with van der Waals surface area (Å²) in [4.78, 5) is 14.6. The Labute approximate surface area is 101 Å². The van der Waals surface area contributed by atoms with Gasteiger partial charge in [0.05, 0.1) is 11.0 Å². The van der Waals surface area contributed by atoms with Crippen LogP contribution in [-0.2, 0) is 0 Å². The molecule has 2 N–H and O–H groups in total. The van der Waals surface area contributed by atoms with Crippen LogP contribution >= 0.6 is 0 Å². The highest BCUT2D eigenvalue weighted by Crippen LogP contribution is 2.17. The second kappa shape index (κ2) is 3.69. The van der Waals surface area contributed by atoms with Crippen LogP contribution in [0.15, 0.2) is 40.3 Å². The quantitative estimate of drug-likeness (QED) is 0.384. The lowest BCUT2D eigenvalue weighted by Crippen LogP contribution is -2.17. The van der Waals surface area contributed by atoms with E-state index in [4.69, 9.17) is 5.21 Å². The highest BCUT2D eigenvalue weighted by atomic mass is 16.4. The molecule has 2 aromatic heterocycles. The minimum atomic E-state index is -0.319. The van der Waals surface area contributed by atoms with Gasteiger partial charge in [0.1, 0.15) is 11.4 Å². The van der Waals surface area contributed by atoms with Crippen molar-refractivity contribution >= 4 is 22.1 Å². The second-order valence-electron chi connectivity index (χ2n) is 3.99. The third kappa shape index (κ3) is 1.39. The van der Waals surface area contributed by atoms with Gasteiger partial charge in [-0.25, -0.2) is 4.79 Å². The Kier molecular flexibility index (Phi) is 2.16. The average molecular weight is 242 g/mol. The SMILES string of the molecule is C/C(=N\O)c1cc2c3ccccc3[nH]c(=O)n2n1. The molecule has 0 saturated carbocycles. The van der Waals surface area contributed by atoms with E-state index >= 15 is 0 Å². The van der Waals surface area contributed by atoms with Crippen molar-refractivity contribution in [3.05, 3.63) is 46.5 Å². The molecule has 0 unspecified atom stereocenters. The molecule has 2 heterocycles. The zero-order valence-corrected chi connectivity index (χ0v) is 9.58. The van der Waals surface area contributed by atoms with Crippen molar-refractivity contribution in [2.75, 3.05) is 0 Å². The number of fused-ring (bicyclic) bond motifs is 3. The smallest absolute Gasteiger partial charge is 0.347 e. The maximum Gasteiger partial charge on any atom is 0.347 e. The van der Waals surface area contributed by atoms with Gasteiger partial charge in [0.2, 0.25) is 0 Å². The summed E-state index contributed by atoms with van der Waals surface area (Å²) < 4.78 is 1.27. The van der Waals surface area contributed by atoms with E-state index in [0.29, 0.717) is 16.9 Å². The van der Waals surface area contributed by atoms with E-state index in [9.17, 15) is 4.79 Å². The molecule has 6 heteroatoms. The van der Waals surface area contributed by atoms with E-state index in [1.54, 1.807) is 13.0 Å². The van der Waals surface area contributed by atoms with Gasteiger partial charge in [0.15, 0.2) is 0 Å². The van der Waals surface area contributed by atoms with Crippen LogP contribution in [-0.4, -0.2) is 25.5 Å². The largest absolute Gasteiger partial charge is 0.411 e. The molecular weight excluding hydrogens is 232 g/mol. The van der Waals surface area contributed by atoms with Crippen LogP contribution in [0.25, 0.3) is 16.4 Å². The number of hydrogen-bond acceptors (Lipinski definition) is 4. The molecule has 6 nitrogen and oxygen atoms in total. The Morgan fingerprint density at radius 2 is 2.22 bits per heavy atom. The molecule has 3 rings (SSSR count). The molecule has 0 spiro atoms. The highest BCUT2D eigenvalue weighted by molar-refractivity contribution is 6.01. The van der Waals surface area contributed by atoms with E-state index in [1.807, 2.05) is 24.3 Å². The molecule has 0 radical (unpaired) electrons. The van der Waals surface area contributed by atoms with Gasteiger partial charge in [-0.1, -0.05) is 23.4 Å². The first kappa shape index (κ1) is 10.5. The molecule has 0 atom stereocenters. The van der Waals surface area contributed by atoms with Gasteiger partial charge >= 0.3 is 5.69 Å². The molecule has 0 fully saturated rings. The van der Waals surface area contributed by atoms with E-state index in [2.05, 4.69) is 15.2 Å². The molecule has 90 valence electrons. The molecule has 0 aliphatic rings. The summed E-state index contributed by atoms with van der Waals surface area (Å²) >= 11 is 0. The fraction of sp³-hybridized carbons (Fsp3) is 0.0833. The minimum absolute atomic E-state index is 0.319. The van der Waals surface area contributed by atoms with Crippen molar-refractivity contribution in [1.29, 1.82) is 0 Å². The number of para-hydroxylation sites is 1. The molecule has 18 heavy (non-hydrogen) atoms. The summed E-state index contributed by atoms with van der Waals surface area (Å²) in [5, 5.41) is 16.8. The third-order valence-electron chi connectivity index (χ3n) is 2.87. The molecule has 0 amide bonds. The predicted octanol–water partition coefficient (Wildman–Crippen LogP) is 1.37. The van der Waals surface area contributed by atoms with Crippen molar-refractivity contribution in [2.45, 2.75) is 6.92 Å². The number of nitrogens with one attached hydrogen (secondary N) is 1. The number of rotatable bonds is 1. The summed E-state index contributed by atoms with van der Waals surface area (Å²) in [5.74, 6) is 0. The van der Waals surface area contributed by atoms with Gasteiger partial charge in [0, 0.05) is 5.39 Å². The van der Waals surface area contributed by atoms with Gasteiger partial charge in [-0.3, -0.25) is 0 Å². The lowest BCUT2D eigenvalue weighted by molar-refractivity contribution is 0.319. The predicted molar refractivity (Wildman–Crippen MR) is 67.3 cm³/mol. The Hall–Kier alpha value is -2.63. The Bertz CT molecular complexity index is 829. The maximum atomic E-state index is 11.9. The number of aromatic amines is 1. The van der Waals surface area contributed by atoms with E-state index in [-0.39, 0.29) is 5.69 Å². The summed E-state index contributed by atoms with van der Waals surface area (Å²) in [5.41, 5.74) is 1.95. The standard InChI is InChI=1S/C12H10N4O2/c1-7(15-18)10-6-11-8-4-2-3-5-9(8)13-12(17)16(11)14-10/h2-6,18H,1H3,(H,13,17)/b15-7+. The maximum absolute atomic E-state index is 11.9. The first-order valence-electron chi connectivity index (χ1n) is 5.40. The zero-order chi connectivity index (χ0) is 12.7. The number of hydrogen-bond donors (Lipinski definition) is 2. The second-order valence-corrected chi connectivity index (χ2v) is 3.99. The molecular formula is C12H10N4O2.